The third kappa shape index (κ3) is 4.06. The topological polar surface area (TPSA) is 29.5 Å². The van der Waals surface area contributed by atoms with Crippen LogP contribution in [-0.2, 0) is 0 Å². The van der Waals surface area contributed by atoms with Gasteiger partial charge in [-0.05, 0) is 44.5 Å². The molecule has 0 bridgehead atoms. The van der Waals surface area contributed by atoms with Crippen LogP contribution in [0.25, 0.3) is 0 Å². The lowest BCUT2D eigenvalue weighted by molar-refractivity contribution is 0.0904. The van der Waals surface area contributed by atoms with E-state index in [0.29, 0.717) is 29.8 Å². The van der Waals surface area contributed by atoms with E-state index in [1.165, 1.54) is 0 Å². The largest absolute Gasteiger partial charge is 0.496 e. The summed E-state index contributed by atoms with van der Waals surface area (Å²) in [6, 6.07) is 6.07. The van der Waals surface area contributed by atoms with Crippen molar-refractivity contribution in [1.29, 1.82) is 0 Å². The molecular formula is C16H25NO2. The molecule has 1 rings (SSSR count). The lowest BCUT2D eigenvalue weighted by Gasteiger charge is -2.27. The predicted molar refractivity (Wildman–Crippen MR) is 79.0 cm³/mol. The van der Waals surface area contributed by atoms with Crippen LogP contribution in [0.3, 0.4) is 0 Å². The molecule has 0 radical (unpaired) electrons. The van der Waals surface area contributed by atoms with Gasteiger partial charge >= 0.3 is 0 Å². The standard InChI is InChI=1S/C16H25NO2/c1-11(2)13(4)17(5)10-15(18)14-8-7-12(3)9-16(14)19-6/h7-9,11,13H,10H2,1-6H3. The fourth-order valence-corrected chi connectivity index (χ4v) is 1.99. The lowest BCUT2D eigenvalue weighted by atomic mass is 10.0. The number of ether oxygens (including phenoxy) is 1. The Bertz CT molecular complexity index is 440. The second kappa shape index (κ2) is 6.71. The van der Waals surface area contributed by atoms with Crippen molar-refractivity contribution in [2.24, 2.45) is 5.92 Å². The Kier molecular flexibility index (Phi) is 5.55. The summed E-state index contributed by atoms with van der Waals surface area (Å²) in [4.78, 5) is 14.4. The molecule has 0 aromatic heterocycles. The monoisotopic (exact) mass is 263 g/mol. The number of hydrogen-bond donors (Lipinski definition) is 0. The maximum absolute atomic E-state index is 12.4. The Morgan fingerprint density at radius 3 is 2.47 bits per heavy atom. The van der Waals surface area contributed by atoms with Gasteiger partial charge in [0.2, 0.25) is 0 Å². The quantitative estimate of drug-likeness (QED) is 0.738. The first kappa shape index (κ1) is 15.7. The minimum atomic E-state index is 0.104. The van der Waals surface area contributed by atoms with E-state index in [2.05, 4.69) is 25.7 Å². The molecule has 0 aliphatic heterocycles. The maximum Gasteiger partial charge on any atom is 0.180 e. The average Bonchev–Trinajstić information content (AvgIpc) is 2.36. The Morgan fingerprint density at radius 2 is 1.95 bits per heavy atom. The fraction of sp³-hybridized carbons (Fsp3) is 0.562. The summed E-state index contributed by atoms with van der Waals surface area (Å²) in [5.74, 6) is 1.29. The summed E-state index contributed by atoms with van der Waals surface area (Å²) in [7, 11) is 3.59. The highest BCUT2D eigenvalue weighted by atomic mass is 16.5. The number of methoxy groups -OCH3 is 1. The van der Waals surface area contributed by atoms with Crippen LogP contribution in [-0.4, -0.2) is 37.4 Å². The van der Waals surface area contributed by atoms with Gasteiger partial charge in [-0.3, -0.25) is 9.69 Å². The normalized spacial score (nSPS) is 12.8. The molecule has 0 aliphatic rings. The molecule has 0 saturated heterocycles. The van der Waals surface area contributed by atoms with E-state index in [4.69, 9.17) is 4.74 Å². The van der Waals surface area contributed by atoms with E-state index in [9.17, 15) is 4.79 Å². The summed E-state index contributed by atoms with van der Waals surface area (Å²) in [5, 5.41) is 0. The van der Waals surface area contributed by atoms with E-state index in [-0.39, 0.29) is 5.78 Å². The molecular weight excluding hydrogens is 238 g/mol. The molecule has 3 heteroatoms. The summed E-state index contributed by atoms with van der Waals surface area (Å²) in [6.07, 6.45) is 0. The molecule has 106 valence electrons. The highest BCUT2D eigenvalue weighted by Crippen LogP contribution is 2.21. The number of ketones is 1. The first-order valence-corrected chi connectivity index (χ1v) is 6.75. The van der Waals surface area contributed by atoms with Crippen molar-refractivity contribution in [3.05, 3.63) is 29.3 Å². The lowest BCUT2D eigenvalue weighted by Crippen LogP contribution is -2.37. The van der Waals surface area contributed by atoms with Crippen molar-refractivity contribution in [2.75, 3.05) is 20.7 Å². The summed E-state index contributed by atoms with van der Waals surface area (Å²) < 4.78 is 5.30. The van der Waals surface area contributed by atoms with Crippen LogP contribution in [0.15, 0.2) is 18.2 Å². The summed E-state index contributed by atoms with van der Waals surface area (Å²) >= 11 is 0. The number of likely N-dealkylation sites (N-methyl/N-ethyl adjacent to an activating group) is 1. The van der Waals surface area contributed by atoms with Crippen LogP contribution in [0, 0.1) is 12.8 Å². The molecule has 19 heavy (non-hydrogen) atoms. The summed E-state index contributed by atoms with van der Waals surface area (Å²) in [6.45, 7) is 8.88. The Labute approximate surface area is 116 Å². The minimum Gasteiger partial charge on any atom is -0.496 e. The van der Waals surface area contributed by atoms with Crippen molar-refractivity contribution in [3.63, 3.8) is 0 Å². The molecule has 0 N–H and O–H groups in total. The summed E-state index contributed by atoms with van der Waals surface area (Å²) in [5.41, 5.74) is 1.76. The molecule has 1 aromatic carbocycles. The van der Waals surface area contributed by atoms with Crippen molar-refractivity contribution in [2.45, 2.75) is 33.7 Å². The van der Waals surface area contributed by atoms with E-state index < -0.39 is 0 Å². The van der Waals surface area contributed by atoms with Gasteiger partial charge in [-0.1, -0.05) is 19.9 Å². The molecule has 0 spiro atoms. The van der Waals surface area contributed by atoms with Crippen LogP contribution in [0.5, 0.6) is 5.75 Å². The number of carbonyl (C=O) groups excluding carboxylic acids is 1. The van der Waals surface area contributed by atoms with Crippen molar-refractivity contribution in [1.82, 2.24) is 4.90 Å². The second-order valence-electron chi connectivity index (χ2n) is 5.53. The SMILES string of the molecule is COc1cc(C)ccc1C(=O)CN(C)C(C)C(C)C. The van der Waals surface area contributed by atoms with Crippen LogP contribution in [0.4, 0.5) is 0 Å². The molecule has 3 nitrogen and oxygen atoms in total. The highest BCUT2D eigenvalue weighted by molar-refractivity contribution is 6.00. The Balaban J connectivity index is 2.84. The van der Waals surface area contributed by atoms with Crippen LogP contribution >= 0.6 is 0 Å². The van der Waals surface area contributed by atoms with E-state index >= 15 is 0 Å². The molecule has 1 aromatic rings. The van der Waals surface area contributed by atoms with E-state index in [1.807, 2.05) is 32.2 Å². The molecule has 1 unspecified atom stereocenters. The first-order chi connectivity index (χ1) is 8.86. The number of Topliss-reactive ketones (excluding diaryl/α,β-unsaturated/α-hetero) is 1. The van der Waals surface area contributed by atoms with Gasteiger partial charge in [0.05, 0.1) is 19.2 Å². The number of benzene rings is 1. The molecule has 1 atom stereocenters. The zero-order valence-corrected chi connectivity index (χ0v) is 12.9. The van der Waals surface area contributed by atoms with Gasteiger partial charge in [0.25, 0.3) is 0 Å². The maximum atomic E-state index is 12.4. The number of hydrogen-bond acceptors (Lipinski definition) is 3. The second-order valence-corrected chi connectivity index (χ2v) is 5.53. The van der Waals surface area contributed by atoms with Gasteiger partial charge < -0.3 is 4.74 Å². The molecule has 0 aliphatic carbocycles. The Morgan fingerprint density at radius 1 is 1.32 bits per heavy atom. The fourth-order valence-electron chi connectivity index (χ4n) is 1.99. The number of aryl methyl sites for hydroxylation is 1. The van der Waals surface area contributed by atoms with Gasteiger partial charge in [-0.25, -0.2) is 0 Å². The zero-order chi connectivity index (χ0) is 14.6. The van der Waals surface area contributed by atoms with E-state index in [0.717, 1.165) is 5.56 Å². The molecule has 0 amide bonds. The van der Waals surface area contributed by atoms with Crippen molar-refractivity contribution >= 4 is 5.78 Å². The zero-order valence-electron chi connectivity index (χ0n) is 12.9. The van der Waals surface area contributed by atoms with E-state index in [1.54, 1.807) is 7.11 Å². The highest BCUT2D eigenvalue weighted by Gasteiger charge is 2.19. The molecule has 0 fully saturated rings. The third-order valence-electron chi connectivity index (χ3n) is 3.71. The minimum absolute atomic E-state index is 0.104. The number of nitrogens with zero attached hydrogens (tertiary/aromatic N) is 1. The van der Waals surface area contributed by atoms with Gasteiger partial charge in [0.15, 0.2) is 5.78 Å². The average molecular weight is 263 g/mol. The third-order valence-corrected chi connectivity index (χ3v) is 3.71. The Hall–Kier alpha value is -1.35. The predicted octanol–water partition coefficient (Wildman–Crippen LogP) is 3.16. The smallest absolute Gasteiger partial charge is 0.180 e. The van der Waals surface area contributed by atoms with Gasteiger partial charge in [-0.15, -0.1) is 0 Å². The van der Waals surface area contributed by atoms with Gasteiger partial charge in [0, 0.05) is 6.04 Å². The van der Waals surface area contributed by atoms with Crippen LogP contribution < -0.4 is 4.74 Å². The van der Waals surface area contributed by atoms with Gasteiger partial charge in [0.1, 0.15) is 5.75 Å². The van der Waals surface area contributed by atoms with Crippen LogP contribution in [0.2, 0.25) is 0 Å². The van der Waals surface area contributed by atoms with Crippen molar-refractivity contribution < 1.29 is 9.53 Å². The number of rotatable bonds is 6. The van der Waals surface area contributed by atoms with Gasteiger partial charge in [-0.2, -0.15) is 0 Å². The first-order valence-electron chi connectivity index (χ1n) is 6.75. The van der Waals surface area contributed by atoms with Crippen LogP contribution in [0.1, 0.15) is 36.7 Å². The molecule has 0 heterocycles. The number of carbonyl (C=O) groups is 1. The van der Waals surface area contributed by atoms with Crippen molar-refractivity contribution in [3.8, 4) is 5.75 Å². The molecule has 0 saturated carbocycles.